The first-order valence-corrected chi connectivity index (χ1v) is 16.4. The molecular weight excluding hydrogens is 609 g/mol. The molecule has 2 unspecified atom stereocenters. The molecule has 1 aromatic heterocycles. The molecule has 0 saturated carbocycles. The fourth-order valence-corrected chi connectivity index (χ4v) is 7.52. The Bertz CT molecular complexity index is 1670. The molecule has 1 saturated heterocycles. The number of amides is 2. The van der Waals surface area contributed by atoms with Gasteiger partial charge in [-0.25, -0.2) is 9.59 Å². The molecule has 3 aromatic carbocycles. The third-order valence-electron chi connectivity index (χ3n) is 7.64. The lowest BCUT2D eigenvalue weighted by Crippen LogP contribution is -2.71. The van der Waals surface area contributed by atoms with Crippen molar-refractivity contribution in [3.05, 3.63) is 141 Å². The number of carbonyl (C=O) groups is 4. The van der Waals surface area contributed by atoms with Crippen molar-refractivity contribution in [2.45, 2.75) is 37.0 Å². The van der Waals surface area contributed by atoms with E-state index in [1.54, 1.807) is 37.3 Å². The van der Waals surface area contributed by atoms with E-state index in [9.17, 15) is 19.2 Å². The molecule has 2 aliphatic rings. The first-order valence-electron chi connectivity index (χ1n) is 14.5. The van der Waals surface area contributed by atoms with Crippen molar-refractivity contribution in [3.8, 4) is 0 Å². The highest BCUT2D eigenvalue weighted by Crippen LogP contribution is 2.43. The largest absolute Gasteiger partial charge is 0.454 e. The van der Waals surface area contributed by atoms with Crippen molar-refractivity contribution in [3.63, 3.8) is 0 Å². The minimum atomic E-state index is -0.833. The Morgan fingerprint density at radius 3 is 2.07 bits per heavy atom. The van der Waals surface area contributed by atoms with E-state index in [1.807, 2.05) is 78.2 Å². The summed E-state index contributed by atoms with van der Waals surface area (Å²) in [5.74, 6) is -1.66. The number of rotatable bonds is 10. The molecule has 10 heteroatoms. The number of hydrogen-bond acceptors (Lipinski definition) is 8. The molecule has 8 nitrogen and oxygen atoms in total. The van der Waals surface area contributed by atoms with Gasteiger partial charge in [-0.05, 0) is 41.6 Å². The summed E-state index contributed by atoms with van der Waals surface area (Å²) in [6.45, 7) is 1.68. The van der Waals surface area contributed by atoms with Crippen molar-refractivity contribution in [1.29, 1.82) is 0 Å². The molecule has 3 heterocycles. The molecule has 1 N–H and O–H groups in total. The summed E-state index contributed by atoms with van der Waals surface area (Å²) in [5, 5.41) is 4.23. The van der Waals surface area contributed by atoms with Crippen LogP contribution in [0.1, 0.15) is 39.4 Å². The van der Waals surface area contributed by atoms with Crippen LogP contribution < -0.4 is 5.32 Å². The molecular formula is C35H30N2O6S2. The lowest BCUT2D eigenvalue weighted by Gasteiger charge is -2.50. The zero-order valence-electron chi connectivity index (χ0n) is 24.3. The number of carbonyl (C=O) groups excluding carboxylic acids is 4. The fourth-order valence-electron chi connectivity index (χ4n) is 5.36. The second kappa shape index (κ2) is 13.5. The number of thioether (sulfide) groups is 1. The Labute approximate surface area is 269 Å². The predicted molar refractivity (Wildman–Crippen MR) is 172 cm³/mol. The van der Waals surface area contributed by atoms with E-state index in [-0.39, 0.29) is 18.0 Å². The molecule has 228 valence electrons. The van der Waals surface area contributed by atoms with Crippen molar-refractivity contribution in [2.75, 3.05) is 5.75 Å². The van der Waals surface area contributed by atoms with Crippen LogP contribution in [0.5, 0.6) is 0 Å². The zero-order valence-corrected chi connectivity index (χ0v) is 26.0. The number of esters is 2. The van der Waals surface area contributed by atoms with Crippen LogP contribution >= 0.6 is 23.1 Å². The van der Waals surface area contributed by atoms with Crippen LogP contribution in [-0.2, 0) is 30.3 Å². The van der Waals surface area contributed by atoms with Crippen molar-refractivity contribution < 1.29 is 28.7 Å². The average molecular weight is 639 g/mol. The first-order chi connectivity index (χ1) is 21.9. The molecule has 4 aromatic rings. The van der Waals surface area contributed by atoms with Gasteiger partial charge in [-0.1, -0.05) is 84.9 Å². The van der Waals surface area contributed by atoms with Crippen LogP contribution in [0.2, 0.25) is 0 Å². The Morgan fingerprint density at radius 1 is 0.844 bits per heavy atom. The van der Waals surface area contributed by atoms with Gasteiger partial charge in [-0.15, -0.1) is 23.1 Å². The van der Waals surface area contributed by atoms with Gasteiger partial charge in [0.25, 0.3) is 5.91 Å². The molecule has 0 bridgehead atoms. The minimum Gasteiger partial charge on any atom is -0.454 e. The number of nitrogens with one attached hydrogen (secondary N) is 1. The summed E-state index contributed by atoms with van der Waals surface area (Å²) in [4.78, 5) is 55.8. The molecule has 0 radical (unpaired) electrons. The topological polar surface area (TPSA) is 102 Å². The fraction of sp³-hybridized carbons (Fsp3) is 0.200. The third kappa shape index (κ3) is 6.57. The van der Waals surface area contributed by atoms with E-state index in [4.69, 9.17) is 9.47 Å². The van der Waals surface area contributed by atoms with Gasteiger partial charge in [0.2, 0.25) is 5.91 Å². The van der Waals surface area contributed by atoms with Gasteiger partial charge in [0.15, 0.2) is 6.10 Å². The highest BCUT2D eigenvalue weighted by Gasteiger charge is 2.55. The van der Waals surface area contributed by atoms with Gasteiger partial charge in [-0.2, -0.15) is 0 Å². The van der Waals surface area contributed by atoms with E-state index in [0.29, 0.717) is 16.9 Å². The van der Waals surface area contributed by atoms with Crippen LogP contribution in [-0.4, -0.2) is 51.9 Å². The summed E-state index contributed by atoms with van der Waals surface area (Å²) >= 11 is 2.87. The minimum absolute atomic E-state index is 0.0396. The molecule has 0 spiro atoms. The zero-order chi connectivity index (χ0) is 31.3. The lowest BCUT2D eigenvalue weighted by molar-refractivity contribution is -0.154. The monoisotopic (exact) mass is 638 g/mol. The second-order valence-corrected chi connectivity index (χ2v) is 12.7. The second-order valence-electron chi connectivity index (χ2n) is 10.6. The van der Waals surface area contributed by atoms with Crippen LogP contribution in [0.4, 0.5) is 0 Å². The van der Waals surface area contributed by atoms with Crippen LogP contribution in [0.25, 0.3) is 0 Å². The predicted octanol–water partition coefficient (Wildman–Crippen LogP) is 5.52. The van der Waals surface area contributed by atoms with E-state index in [1.165, 1.54) is 28.0 Å². The van der Waals surface area contributed by atoms with E-state index in [0.717, 1.165) is 16.0 Å². The summed E-state index contributed by atoms with van der Waals surface area (Å²) in [7, 11) is 0. The van der Waals surface area contributed by atoms with Crippen molar-refractivity contribution in [2.24, 2.45) is 0 Å². The summed E-state index contributed by atoms with van der Waals surface area (Å²) in [5.41, 5.74) is 2.40. The molecule has 45 heavy (non-hydrogen) atoms. The maximum atomic E-state index is 14.2. The number of ether oxygens (including phenoxy) is 2. The van der Waals surface area contributed by atoms with Gasteiger partial charge in [0.1, 0.15) is 23.2 Å². The van der Waals surface area contributed by atoms with Crippen LogP contribution in [0.15, 0.2) is 120 Å². The number of hydrogen-bond donors (Lipinski definition) is 1. The smallest absolute Gasteiger partial charge is 0.356 e. The number of fused-ring (bicyclic) bond motifs is 1. The van der Waals surface area contributed by atoms with Crippen molar-refractivity contribution >= 4 is 46.9 Å². The highest BCUT2D eigenvalue weighted by molar-refractivity contribution is 8.00. The maximum absolute atomic E-state index is 14.2. The Hall–Kier alpha value is -4.67. The molecule has 1 fully saturated rings. The lowest BCUT2D eigenvalue weighted by atomic mass is 9.99. The molecule has 2 aliphatic heterocycles. The van der Waals surface area contributed by atoms with Gasteiger partial charge >= 0.3 is 11.9 Å². The quantitative estimate of drug-likeness (QED) is 0.180. The third-order valence-corrected chi connectivity index (χ3v) is 9.81. The molecule has 6 rings (SSSR count). The summed E-state index contributed by atoms with van der Waals surface area (Å²) < 4.78 is 12.0. The van der Waals surface area contributed by atoms with Gasteiger partial charge in [0.05, 0.1) is 12.0 Å². The summed E-state index contributed by atoms with van der Waals surface area (Å²) in [6.07, 6.45) is -1.42. The molecule has 0 aliphatic carbocycles. The first kappa shape index (κ1) is 30.4. The van der Waals surface area contributed by atoms with Crippen molar-refractivity contribution in [1.82, 2.24) is 10.2 Å². The van der Waals surface area contributed by atoms with E-state index < -0.39 is 41.5 Å². The van der Waals surface area contributed by atoms with Crippen LogP contribution in [0, 0.1) is 0 Å². The molecule has 3 atom stereocenters. The number of β-lactam (4-membered cyclic amide) rings is 1. The van der Waals surface area contributed by atoms with E-state index >= 15 is 0 Å². The maximum Gasteiger partial charge on any atom is 0.356 e. The van der Waals surface area contributed by atoms with Gasteiger partial charge < -0.3 is 14.8 Å². The number of thiophene rings is 1. The highest BCUT2D eigenvalue weighted by atomic mass is 32.2. The van der Waals surface area contributed by atoms with Crippen LogP contribution in [0.3, 0.4) is 0 Å². The standard InChI is InChI=1S/C35H30N2O6S2/c1-22(42-34(40)25-16-9-4-10-17-25)27-21-45-33-29(36-28(38)20-26-18-11-19-44-26)32(39)37(33)30(27)35(41)43-31(23-12-5-2-6-13-23)24-14-7-3-8-15-24/h2-19,22,29,31,33H,20-21H2,1H3,(H,36,38)/t22?,29?,33-/m1/s1. The average Bonchev–Trinajstić information content (AvgIpc) is 3.59. The van der Waals surface area contributed by atoms with Gasteiger partial charge in [0, 0.05) is 16.2 Å². The van der Waals surface area contributed by atoms with Gasteiger partial charge in [-0.3, -0.25) is 14.5 Å². The van der Waals surface area contributed by atoms with E-state index in [2.05, 4.69) is 5.32 Å². The number of benzene rings is 3. The Kier molecular flexibility index (Phi) is 9.13. The SMILES string of the molecule is CC(OC(=O)c1ccccc1)C1=C(C(=O)OC(c2ccccc2)c2ccccc2)N2C(=O)C(NC(=O)Cc3cccs3)[C@H]2SC1. The Balaban J connectivity index is 1.30. The summed E-state index contributed by atoms with van der Waals surface area (Å²) in [6, 6.07) is 30.2. The molecule has 2 amide bonds. The normalized spacial score (nSPS) is 18.1. The number of nitrogens with zero attached hydrogens (tertiary/aromatic N) is 1. The Morgan fingerprint density at radius 2 is 1.47 bits per heavy atom.